The Labute approximate surface area is 470 Å². The molecule has 0 bridgehead atoms. The van der Waals surface area contributed by atoms with Crippen LogP contribution in [0.25, 0.3) is 0 Å². The zero-order valence-electron chi connectivity index (χ0n) is 51.2. The van der Waals surface area contributed by atoms with Gasteiger partial charge in [0.05, 0.1) is 0 Å². The standard InChI is InChI=1S/C72H88BN5/c1-65(2,3)45-21-27-49(28-22-45)77-59-35-25-47(67(7,8)9)41-57(59)73-58-42-48(68(10,11)12)26-36-60(58)78(50-29-23-46(24-30-50)66(4,5)6)63-61(73)62(77)74-64(75-63)76(51-31-33-53-55(43-51)71(17,18)39-37-69(53,13)14)52-32-34-54-56(44-52)72(19,20)40-38-70(54,15)16/h21-36,41-44H,37-40H2,1-20H3. The summed E-state index contributed by atoms with van der Waals surface area (Å²) >= 11 is 0. The molecule has 0 atom stereocenters. The Balaban J connectivity index is 1.29. The largest absolute Gasteiger partial charge is 0.296 e. The zero-order chi connectivity index (χ0) is 56.2. The lowest BCUT2D eigenvalue weighted by molar-refractivity contribution is 0.332. The van der Waals surface area contributed by atoms with Gasteiger partial charge < -0.3 is 0 Å². The van der Waals surface area contributed by atoms with Gasteiger partial charge in [-0.25, -0.2) is 0 Å². The minimum atomic E-state index is -0.152. The lowest BCUT2D eigenvalue weighted by Crippen LogP contribution is -2.62. The minimum Gasteiger partial charge on any atom is -0.296 e. The van der Waals surface area contributed by atoms with Crippen LogP contribution in [0.3, 0.4) is 0 Å². The van der Waals surface area contributed by atoms with Crippen LogP contribution in [-0.4, -0.2) is 16.7 Å². The molecule has 0 N–H and O–H groups in total. The molecule has 0 unspecified atom stereocenters. The number of rotatable bonds is 5. The van der Waals surface area contributed by atoms with Gasteiger partial charge in [-0.2, -0.15) is 9.97 Å². The Morgan fingerprint density at radius 1 is 0.385 bits per heavy atom. The molecule has 7 aromatic rings. The van der Waals surface area contributed by atoms with Crippen molar-refractivity contribution in [2.24, 2.45) is 0 Å². The molecule has 1 aromatic heterocycles. The number of hydrogen-bond donors (Lipinski definition) is 0. The highest BCUT2D eigenvalue weighted by molar-refractivity contribution is 7.00. The molecule has 78 heavy (non-hydrogen) atoms. The third-order valence-corrected chi connectivity index (χ3v) is 18.9. The Morgan fingerprint density at radius 3 is 1.04 bits per heavy atom. The van der Waals surface area contributed by atoms with Crippen LogP contribution in [0.4, 0.5) is 51.7 Å². The van der Waals surface area contributed by atoms with Gasteiger partial charge in [0, 0.05) is 39.6 Å². The van der Waals surface area contributed by atoms with Crippen LogP contribution in [-0.2, 0) is 43.3 Å². The molecule has 0 saturated carbocycles. The smallest absolute Gasteiger partial charge is 0.256 e. The van der Waals surface area contributed by atoms with Crippen LogP contribution >= 0.6 is 0 Å². The van der Waals surface area contributed by atoms with Crippen molar-refractivity contribution in [1.29, 1.82) is 0 Å². The van der Waals surface area contributed by atoms with E-state index >= 15 is 0 Å². The Kier molecular flexibility index (Phi) is 12.2. The molecular weight excluding hydrogens is 946 g/mol. The van der Waals surface area contributed by atoms with Gasteiger partial charge in [-0.05, 0) is 185 Å². The summed E-state index contributed by atoms with van der Waals surface area (Å²) < 4.78 is 0. The van der Waals surface area contributed by atoms with Gasteiger partial charge in [-0.3, -0.25) is 14.7 Å². The van der Waals surface area contributed by atoms with E-state index in [1.165, 1.54) is 55.4 Å². The number of fused-ring (bicyclic) bond motifs is 6. The Hall–Kier alpha value is -6.14. The maximum Gasteiger partial charge on any atom is 0.256 e. The van der Waals surface area contributed by atoms with Crippen molar-refractivity contribution in [3.8, 4) is 0 Å². The van der Waals surface area contributed by atoms with Crippen molar-refractivity contribution in [3.63, 3.8) is 0 Å². The molecule has 11 rings (SSSR count). The van der Waals surface area contributed by atoms with Gasteiger partial charge in [0.15, 0.2) is 0 Å². The maximum atomic E-state index is 6.15. The van der Waals surface area contributed by atoms with E-state index in [0.29, 0.717) is 5.95 Å². The number of anilines is 9. The summed E-state index contributed by atoms with van der Waals surface area (Å²) in [7, 11) is 0. The van der Waals surface area contributed by atoms with Gasteiger partial charge in [-0.1, -0.05) is 199 Å². The summed E-state index contributed by atoms with van der Waals surface area (Å²) in [5, 5.41) is 0. The van der Waals surface area contributed by atoms with E-state index in [0.717, 1.165) is 76.9 Å². The van der Waals surface area contributed by atoms with E-state index in [2.05, 4.69) is 275 Å². The van der Waals surface area contributed by atoms with Crippen molar-refractivity contribution in [2.75, 3.05) is 14.7 Å². The lowest BCUT2D eigenvalue weighted by Gasteiger charge is -2.44. The summed E-state index contributed by atoms with van der Waals surface area (Å²) in [4.78, 5) is 19.7. The first kappa shape index (κ1) is 53.8. The topological polar surface area (TPSA) is 35.5 Å². The van der Waals surface area contributed by atoms with E-state index < -0.39 is 0 Å². The second-order valence-corrected chi connectivity index (χ2v) is 30.7. The fourth-order valence-corrected chi connectivity index (χ4v) is 13.3. The summed E-state index contributed by atoms with van der Waals surface area (Å²) in [5.74, 6) is 2.47. The molecule has 3 heterocycles. The first-order chi connectivity index (χ1) is 36.2. The van der Waals surface area contributed by atoms with Crippen molar-refractivity contribution < 1.29 is 0 Å². The molecule has 0 radical (unpaired) electrons. The molecule has 5 nitrogen and oxygen atoms in total. The zero-order valence-corrected chi connectivity index (χ0v) is 51.2. The van der Waals surface area contributed by atoms with E-state index in [-0.39, 0.29) is 50.0 Å². The normalized spacial score (nSPS) is 17.9. The molecule has 2 aliphatic heterocycles. The minimum absolute atomic E-state index is 0.0123. The van der Waals surface area contributed by atoms with Crippen LogP contribution in [0.2, 0.25) is 0 Å². The molecule has 2 aliphatic carbocycles. The number of benzene rings is 6. The molecule has 6 aromatic carbocycles. The average molecular weight is 1030 g/mol. The van der Waals surface area contributed by atoms with Crippen LogP contribution in [0.15, 0.2) is 121 Å². The van der Waals surface area contributed by atoms with Gasteiger partial charge in [-0.15, -0.1) is 0 Å². The highest BCUT2D eigenvalue weighted by atomic mass is 15.3. The first-order valence-corrected chi connectivity index (χ1v) is 29.3. The summed E-state index contributed by atoms with van der Waals surface area (Å²) in [6.45, 7) is 47.1. The maximum absolute atomic E-state index is 6.15. The molecule has 0 amide bonds. The first-order valence-electron chi connectivity index (χ1n) is 29.3. The van der Waals surface area contributed by atoms with Gasteiger partial charge in [0.2, 0.25) is 5.95 Å². The van der Waals surface area contributed by atoms with Crippen LogP contribution in [0.5, 0.6) is 0 Å². The molecular formula is C72H88BN5. The fourth-order valence-electron chi connectivity index (χ4n) is 13.3. The number of nitrogens with zero attached hydrogens (tertiary/aromatic N) is 5. The van der Waals surface area contributed by atoms with Crippen molar-refractivity contribution in [1.82, 2.24) is 9.97 Å². The van der Waals surface area contributed by atoms with Crippen molar-refractivity contribution in [3.05, 3.63) is 166 Å². The quantitative estimate of drug-likeness (QED) is 0.161. The third-order valence-electron chi connectivity index (χ3n) is 18.9. The molecule has 4 aliphatic rings. The Bertz CT molecular complexity index is 3280. The van der Waals surface area contributed by atoms with Crippen molar-refractivity contribution >= 4 is 74.8 Å². The van der Waals surface area contributed by atoms with E-state index in [1.807, 2.05) is 0 Å². The monoisotopic (exact) mass is 1030 g/mol. The van der Waals surface area contributed by atoms with Crippen molar-refractivity contribution in [2.45, 2.75) is 207 Å². The summed E-state index contributed by atoms with van der Waals surface area (Å²) in [6, 6.07) is 47.7. The van der Waals surface area contributed by atoms with Crippen LogP contribution in [0, 0.1) is 0 Å². The van der Waals surface area contributed by atoms with Gasteiger partial charge in [0.1, 0.15) is 11.6 Å². The van der Waals surface area contributed by atoms with Gasteiger partial charge in [0.25, 0.3) is 6.71 Å². The predicted octanol–water partition coefficient (Wildman–Crippen LogP) is 17.9. The predicted molar refractivity (Wildman–Crippen MR) is 336 cm³/mol. The van der Waals surface area contributed by atoms with E-state index in [4.69, 9.17) is 9.97 Å². The number of aromatic nitrogens is 2. The molecule has 404 valence electrons. The van der Waals surface area contributed by atoms with E-state index in [9.17, 15) is 0 Å². The fraction of sp³-hybridized carbons (Fsp3) is 0.444. The number of hydrogen-bond acceptors (Lipinski definition) is 5. The summed E-state index contributed by atoms with van der Waals surface area (Å²) in [5.41, 5.74) is 21.1. The lowest BCUT2D eigenvalue weighted by atomic mass is 9.33. The van der Waals surface area contributed by atoms with E-state index in [1.54, 1.807) is 0 Å². The van der Waals surface area contributed by atoms with Crippen LogP contribution < -0.4 is 31.1 Å². The SMILES string of the molecule is CC(C)(C)c1ccc(N2c3ccc(C(C)(C)C)cc3B3c4cc(C(C)(C)C)ccc4N(c4ccc(C(C)(C)C)cc4)c4nc(N(c5ccc6c(c5)C(C)(C)CCC6(C)C)c5ccc6c(c5)C(C)(C)CCC6(C)C)nc2c43)cc1. The second kappa shape index (κ2) is 17.7. The highest BCUT2D eigenvalue weighted by Crippen LogP contribution is 2.52. The molecule has 6 heteroatoms. The molecule has 0 spiro atoms. The van der Waals surface area contributed by atoms with Gasteiger partial charge >= 0.3 is 0 Å². The Morgan fingerprint density at radius 2 is 0.705 bits per heavy atom. The average Bonchev–Trinajstić information content (AvgIpc) is 2.97. The third kappa shape index (κ3) is 9.00. The highest BCUT2D eigenvalue weighted by Gasteiger charge is 2.48. The molecule has 0 saturated heterocycles. The molecule has 0 fully saturated rings. The summed E-state index contributed by atoms with van der Waals surface area (Å²) in [6.07, 6.45) is 4.55. The van der Waals surface area contributed by atoms with Crippen LogP contribution in [0.1, 0.15) is 209 Å². The second-order valence-electron chi connectivity index (χ2n) is 30.7.